The summed E-state index contributed by atoms with van der Waals surface area (Å²) in [5.41, 5.74) is 2.29. The molecule has 0 spiro atoms. The topological polar surface area (TPSA) is 103 Å². The summed E-state index contributed by atoms with van der Waals surface area (Å²) in [6, 6.07) is 14.5. The molecule has 2 aromatic carbocycles. The van der Waals surface area contributed by atoms with Crippen molar-refractivity contribution in [3.05, 3.63) is 95.4 Å². The Kier molecular flexibility index (Phi) is 6.83. The van der Waals surface area contributed by atoms with E-state index in [0.29, 0.717) is 17.2 Å². The van der Waals surface area contributed by atoms with Gasteiger partial charge in [-0.15, -0.1) is 0 Å². The van der Waals surface area contributed by atoms with Gasteiger partial charge in [-0.05, 0) is 48.4 Å². The van der Waals surface area contributed by atoms with Crippen LogP contribution in [0.1, 0.15) is 33.2 Å². The first-order valence-electron chi connectivity index (χ1n) is 10.7. The van der Waals surface area contributed by atoms with Gasteiger partial charge in [-0.2, -0.15) is 13.2 Å². The number of H-pyrrole nitrogens is 1. The van der Waals surface area contributed by atoms with Gasteiger partial charge in [-0.25, -0.2) is 9.97 Å². The van der Waals surface area contributed by atoms with Crippen LogP contribution in [0.2, 0.25) is 0 Å². The molecule has 7 nitrogen and oxygen atoms in total. The number of halogens is 3. The van der Waals surface area contributed by atoms with Crippen LogP contribution in [0.25, 0.3) is 11.3 Å². The second-order valence-corrected chi connectivity index (χ2v) is 7.85. The fourth-order valence-corrected chi connectivity index (χ4v) is 3.51. The van der Waals surface area contributed by atoms with Gasteiger partial charge >= 0.3 is 6.18 Å². The molecule has 2 heterocycles. The number of amides is 1. The van der Waals surface area contributed by atoms with Crippen LogP contribution in [0.15, 0.2) is 73.1 Å². The zero-order valence-electron chi connectivity index (χ0n) is 18.6. The molecule has 0 aliphatic heterocycles. The van der Waals surface area contributed by atoms with Crippen LogP contribution in [0.3, 0.4) is 0 Å². The first kappa shape index (κ1) is 24.0. The summed E-state index contributed by atoms with van der Waals surface area (Å²) in [6.07, 6.45) is -1.26. The molecule has 1 unspecified atom stereocenters. The highest BCUT2D eigenvalue weighted by Crippen LogP contribution is 2.31. The zero-order chi connectivity index (χ0) is 25.0. The van der Waals surface area contributed by atoms with Gasteiger partial charge in [0.05, 0.1) is 23.9 Å². The lowest BCUT2D eigenvalue weighted by atomic mass is 10.0. The van der Waals surface area contributed by atoms with Crippen molar-refractivity contribution >= 4 is 17.5 Å². The fourth-order valence-electron chi connectivity index (χ4n) is 3.51. The van der Waals surface area contributed by atoms with Crippen molar-refractivity contribution in [2.24, 2.45) is 0 Å². The number of para-hydroxylation sites is 1. The van der Waals surface area contributed by atoms with Crippen molar-refractivity contribution in [3.8, 4) is 11.3 Å². The smallest absolute Gasteiger partial charge is 0.394 e. The minimum atomic E-state index is -4.53. The van der Waals surface area contributed by atoms with Gasteiger partial charge in [0.25, 0.3) is 5.91 Å². The van der Waals surface area contributed by atoms with Gasteiger partial charge in [-0.1, -0.05) is 30.3 Å². The number of aliphatic hydroxyl groups is 1. The Bertz CT molecular complexity index is 1320. The molecule has 4 rings (SSSR count). The van der Waals surface area contributed by atoms with E-state index in [2.05, 4.69) is 25.6 Å². The minimum absolute atomic E-state index is 0.144. The van der Waals surface area contributed by atoms with Crippen LogP contribution in [-0.2, 0) is 6.18 Å². The summed E-state index contributed by atoms with van der Waals surface area (Å²) in [4.78, 5) is 24.5. The number of benzene rings is 2. The predicted molar refractivity (Wildman–Crippen MR) is 125 cm³/mol. The van der Waals surface area contributed by atoms with Gasteiger partial charge in [0.2, 0.25) is 5.95 Å². The number of alkyl halides is 3. The number of carbonyl (C=O) groups is 1. The van der Waals surface area contributed by atoms with Gasteiger partial charge in [-0.3, -0.25) is 4.79 Å². The number of aliphatic hydroxyl groups excluding tert-OH is 1. The van der Waals surface area contributed by atoms with Crippen molar-refractivity contribution in [3.63, 3.8) is 0 Å². The van der Waals surface area contributed by atoms with Gasteiger partial charge < -0.3 is 20.7 Å². The molecule has 0 saturated carbocycles. The Morgan fingerprint density at radius 2 is 1.89 bits per heavy atom. The van der Waals surface area contributed by atoms with E-state index in [-0.39, 0.29) is 11.3 Å². The van der Waals surface area contributed by atoms with Crippen molar-refractivity contribution in [1.29, 1.82) is 0 Å². The molecular weight excluding hydrogens is 459 g/mol. The third-order valence-corrected chi connectivity index (χ3v) is 5.31. The number of aromatic nitrogens is 3. The molecule has 0 aliphatic carbocycles. The number of aromatic amines is 1. The second-order valence-electron chi connectivity index (χ2n) is 7.85. The number of nitrogens with zero attached hydrogens (tertiary/aromatic N) is 2. The molecule has 4 aromatic rings. The Morgan fingerprint density at radius 1 is 1.11 bits per heavy atom. The lowest BCUT2D eigenvalue weighted by molar-refractivity contribution is -0.137. The number of anilines is 2. The van der Waals surface area contributed by atoms with Gasteiger partial charge in [0, 0.05) is 23.6 Å². The highest BCUT2D eigenvalue weighted by atomic mass is 19.4. The molecule has 0 bridgehead atoms. The van der Waals surface area contributed by atoms with E-state index in [4.69, 9.17) is 0 Å². The van der Waals surface area contributed by atoms with Crippen molar-refractivity contribution in [2.75, 3.05) is 11.9 Å². The molecule has 10 heteroatoms. The largest absolute Gasteiger partial charge is 0.416 e. The van der Waals surface area contributed by atoms with Crippen molar-refractivity contribution < 1.29 is 23.1 Å². The second kappa shape index (κ2) is 9.98. The van der Waals surface area contributed by atoms with Crippen LogP contribution < -0.4 is 10.6 Å². The molecule has 0 saturated heterocycles. The Labute approximate surface area is 199 Å². The van der Waals surface area contributed by atoms with E-state index in [1.807, 2.05) is 37.3 Å². The van der Waals surface area contributed by atoms with Gasteiger partial charge in [0.1, 0.15) is 5.69 Å². The van der Waals surface area contributed by atoms with E-state index in [9.17, 15) is 23.1 Å². The highest BCUT2D eigenvalue weighted by molar-refractivity contribution is 5.94. The lowest BCUT2D eigenvalue weighted by Crippen LogP contribution is -2.31. The standard InChI is InChI=1S/C25H22F3N5O2/c1-15-12-30-24(31-19-8-3-2-4-9-19)33-22(15)17-11-20(29-13-17)23(35)32-21(14-34)16-6-5-7-18(10-16)25(26,27)28/h2-13,21,29,34H,14H2,1H3,(H,32,35)(H,30,31,33). The normalized spacial score (nSPS) is 12.3. The van der Waals surface area contributed by atoms with Gasteiger partial charge in [0.15, 0.2) is 0 Å². The Hall–Kier alpha value is -4.18. The summed E-state index contributed by atoms with van der Waals surface area (Å²) in [6.45, 7) is 1.27. The van der Waals surface area contributed by atoms with E-state index in [0.717, 1.165) is 23.4 Å². The van der Waals surface area contributed by atoms with E-state index in [1.165, 1.54) is 12.1 Å². The summed E-state index contributed by atoms with van der Waals surface area (Å²) in [5, 5.41) is 15.4. The molecule has 4 N–H and O–H groups in total. The average molecular weight is 481 g/mol. The highest BCUT2D eigenvalue weighted by Gasteiger charge is 2.31. The van der Waals surface area contributed by atoms with E-state index < -0.39 is 30.3 Å². The predicted octanol–water partition coefficient (Wildman–Crippen LogP) is 5.01. The third kappa shape index (κ3) is 5.67. The summed E-state index contributed by atoms with van der Waals surface area (Å²) < 4.78 is 39.1. The molecule has 1 amide bonds. The molecule has 0 radical (unpaired) electrons. The molecular formula is C25H22F3N5O2. The number of hydrogen-bond donors (Lipinski definition) is 4. The lowest BCUT2D eigenvalue weighted by Gasteiger charge is -2.18. The first-order valence-corrected chi connectivity index (χ1v) is 10.7. The SMILES string of the molecule is Cc1cnc(Nc2ccccc2)nc1-c1c[nH]c(C(=O)NC(CO)c2cccc(C(F)(F)F)c2)c1. The monoisotopic (exact) mass is 481 g/mol. The Balaban J connectivity index is 1.52. The minimum Gasteiger partial charge on any atom is -0.394 e. The molecule has 180 valence electrons. The van der Waals surface area contributed by atoms with Crippen LogP contribution in [0.4, 0.5) is 24.8 Å². The summed E-state index contributed by atoms with van der Waals surface area (Å²) >= 11 is 0. The number of rotatable bonds is 7. The van der Waals surface area contributed by atoms with E-state index >= 15 is 0 Å². The van der Waals surface area contributed by atoms with Crippen LogP contribution in [-0.4, -0.2) is 32.6 Å². The zero-order valence-corrected chi connectivity index (χ0v) is 18.6. The van der Waals surface area contributed by atoms with Crippen molar-refractivity contribution in [1.82, 2.24) is 20.3 Å². The molecule has 1 atom stereocenters. The maximum atomic E-state index is 13.0. The number of nitrogens with one attached hydrogen (secondary N) is 3. The Morgan fingerprint density at radius 3 is 2.60 bits per heavy atom. The molecule has 2 aromatic heterocycles. The van der Waals surface area contributed by atoms with Crippen molar-refractivity contribution in [2.45, 2.75) is 19.1 Å². The molecule has 0 fully saturated rings. The molecule has 0 aliphatic rings. The maximum absolute atomic E-state index is 13.0. The number of carbonyl (C=O) groups excluding carboxylic acids is 1. The summed E-state index contributed by atoms with van der Waals surface area (Å²) in [5.74, 6) is -0.198. The van der Waals surface area contributed by atoms with Crippen LogP contribution >= 0.6 is 0 Å². The average Bonchev–Trinajstić information content (AvgIpc) is 3.34. The maximum Gasteiger partial charge on any atom is 0.416 e. The third-order valence-electron chi connectivity index (χ3n) is 5.31. The van der Waals surface area contributed by atoms with Crippen LogP contribution in [0, 0.1) is 6.92 Å². The fraction of sp³-hybridized carbons (Fsp3) is 0.160. The van der Waals surface area contributed by atoms with Crippen LogP contribution in [0.5, 0.6) is 0 Å². The number of aryl methyl sites for hydroxylation is 1. The quantitative estimate of drug-likeness (QED) is 0.297. The summed E-state index contributed by atoms with van der Waals surface area (Å²) in [7, 11) is 0. The molecule has 35 heavy (non-hydrogen) atoms. The van der Waals surface area contributed by atoms with E-state index in [1.54, 1.807) is 18.5 Å². The first-order chi connectivity index (χ1) is 16.7. The number of hydrogen-bond acceptors (Lipinski definition) is 5.